The molecule has 1 aromatic heterocycles. The summed E-state index contributed by atoms with van der Waals surface area (Å²) in [5.41, 5.74) is 2.05. The summed E-state index contributed by atoms with van der Waals surface area (Å²) in [5.74, 6) is 0.0217. The summed E-state index contributed by atoms with van der Waals surface area (Å²) >= 11 is 5.88. The zero-order valence-electron chi connectivity index (χ0n) is 13.5. The zero-order valence-corrected chi connectivity index (χ0v) is 14.3. The average Bonchev–Trinajstić information content (AvgIpc) is 3.17. The fourth-order valence-corrected chi connectivity index (χ4v) is 3.45. The molecule has 0 spiro atoms. The van der Waals surface area contributed by atoms with Crippen molar-refractivity contribution in [1.29, 1.82) is 0 Å². The molecule has 1 N–H and O–H groups in total. The number of aromatic nitrogens is 1. The highest BCUT2D eigenvalue weighted by Crippen LogP contribution is 2.33. The smallest absolute Gasteiger partial charge is 0.241 e. The van der Waals surface area contributed by atoms with E-state index in [0.717, 1.165) is 25.1 Å². The van der Waals surface area contributed by atoms with Crippen molar-refractivity contribution in [3.63, 3.8) is 0 Å². The maximum absolute atomic E-state index is 12.6. The van der Waals surface area contributed by atoms with Gasteiger partial charge in [0.2, 0.25) is 5.91 Å². The highest BCUT2D eigenvalue weighted by molar-refractivity contribution is 6.30. The van der Waals surface area contributed by atoms with Crippen LogP contribution in [0.1, 0.15) is 31.5 Å². The Balaban J connectivity index is 1.71. The van der Waals surface area contributed by atoms with E-state index < -0.39 is 0 Å². The minimum atomic E-state index is -0.173. The molecule has 1 aliphatic rings. The third-order valence-electron chi connectivity index (χ3n) is 4.61. The molecule has 1 amide bonds. The van der Waals surface area contributed by atoms with Crippen LogP contribution in [0.3, 0.4) is 0 Å². The molecule has 1 saturated heterocycles. The Kier molecular flexibility index (Phi) is 4.74. The summed E-state index contributed by atoms with van der Waals surface area (Å²) in [6.07, 6.45) is 4.27. The lowest BCUT2D eigenvalue weighted by molar-refractivity contribution is -0.121. The van der Waals surface area contributed by atoms with Crippen molar-refractivity contribution < 1.29 is 4.79 Å². The lowest BCUT2D eigenvalue weighted by atomic mass is 10.1. The summed E-state index contributed by atoms with van der Waals surface area (Å²) < 4.78 is 2.15. The molecule has 0 bridgehead atoms. The van der Waals surface area contributed by atoms with E-state index in [-0.39, 0.29) is 11.9 Å². The third kappa shape index (κ3) is 3.43. The average molecular weight is 332 g/mol. The number of anilines is 1. The summed E-state index contributed by atoms with van der Waals surface area (Å²) in [6.45, 7) is 2.93. The number of nitrogens with zero attached hydrogens (tertiary/aromatic N) is 2. The number of likely N-dealkylation sites (tertiary alicyclic amines) is 1. The minimum absolute atomic E-state index is 0.0217. The first-order valence-corrected chi connectivity index (χ1v) is 8.37. The van der Waals surface area contributed by atoms with Crippen LogP contribution in [-0.2, 0) is 11.8 Å². The van der Waals surface area contributed by atoms with Gasteiger partial charge in [-0.25, -0.2) is 0 Å². The van der Waals surface area contributed by atoms with Gasteiger partial charge in [-0.15, -0.1) is 0 Å². The van der Waals surface area contributed by atoms with E-state index in [9.17, 15) is 4.79 Å². The number of halogens is 1. The third-order valence-corrected chi connectivity index (χ3v) is 4.86. The first kappa shape index (κ1) is 16.1. The topological polar surface area (TPSA) is 37.3 Å². The van der Waals surface area contributed by atoms with Crippen molar-refractivity contribution in [2.45, 2.75) is 31.8 Å². The molecule has 4 nitrogen and oxygen atoms in total. The Hall–Kier alpha value is -1.78. The van der Waals surface area contributed by atoms with Crippen molar-refractivity contribution in [2.24, 2.45) is 7.05 Å². The van der Waals surface area contributed by atoms with Crippen LogP contribution in [0.5, 0.6) is 0 Å². The standard InChI is InChI=1S/C18H22ClN3O/c1-13(18(23)20-15-9-7-14(19)8-10-15)22-12-4-6-17(22)16-5-3-11-21(16)2/h3,5,7-11,13,17H,4,6,12H2,1-2H3,(H,20,23)/t13-,17+/m0/s1. The molecular formula is C18H22ClN3O. The predicted octanol–water partition coefficient (Wildman–Crippen LogP) is 3.84. The number of benzene rings is 1. The molecule has 0 saturated carbocycles. The minimum Gasteiger partial charge on any atom is -0.353 e. The van der Waals surface area contributed by atoms with Gasteiger partial charge in [0.05, 0.1) is 12.1 Å². The number of aryl methyl sites for hydroxylation is 1. The van der Waals surface area contributed by atoms with Gasteiger partial charge in [0.25, 0.3) is 0 Å². The fourth-order valence-electron chi connectivity index (χ4n) is 3.32. The normalized spacial score (nSPS) is 19.7. The number of hydrogen-bond donors (Lipinski definition) is 1. The summed E-state index contributed by atoms with van der Waals surface area (Å²) in [6, 6.07) is 11.6. The fraction of sp³-hybridized carbons (Fsp3) is 0.389. The van der Waals surface area contributed by atoms with Crippen molar-refractivity contribution in [2.75, 3.05) is 11.9 Å². The molecule has 1 aliphatic heterocycles. The van der Waals surface area contributed by atoms with Crippen molar-refractivity contribution in [1.82, 2.24) is 9.47 Å². The van der Waals surface area contributed by atoms with E-state index in [1.165, 1.54) is 5.69 Å². The SMILES string of the molecule is C[C@@H](C(=O)Nc1ccc(Cl)cc1)N1CCC[C@@H]1c1cccn1C. The molecule has 0 aliphatic carbocycles. The van der Waals surface area contributed by atoms with Crippen molar-refractivity contribution in [3.05, 3.63) is 53.3 Å². The molecular weight excluding hydrogens is 310 g/mol. The van der Waals surface area contributed by atoms with Gasteiger partial charge in [0.15, 0.2) is 0 Å². The first-order chi connectivity index (χ1) is 11.1. The Labute approximate surface area is 142 Å². The van der Waals surface area contributed by atoms with Gasteiger partial charge in [-0.05, 0) is 62.7 Å². The zero-order chi connectivity index (χ0) is 16.4. The Morgan fingerprint density at radius 2 is 2.04 bits per heavy atom. The van der Waals surface area contributed by atoms with E-state index in [2.05, 4.69) is 40.2 Å². The quantitative estimate of drug-likeness (QED) is 0.924. The number of nitrogens with one attached hydrogen (secondary N) is 1. The molecule has 23 heavy (non-hydrogen) atoms. The summed E-state index contributed by atoms with van der Waals surface area (Å²) in [7, 11) is 2.06. The molecule has 2 aromatic rings. The van der Waals surface area contributed by atoms with Gasteiger partial charge in [-0.3, -0.25) is 9.69 Å². The lowest BCUT2D eigenvalue weighted by Crippen LogP contribution is -2.41. The molecule has 1 fully saturated rings. The second-order valence-electron chi connectivity index (χ2n) is 6.11. The van der Waals surface area contributed by atoms with Crippen LogP contribution in [0.4, 0.5) is 5.69 Å². The van der Waals surface area contributed by atoms with E-state index in [1.54, 1.807) is 12.1 Å². The number of amides is 1. The van der Waals surface area contributed by atoms with Crippen molar-refractivity contribution >= 4 is 23.2 Å². The summed E-state index contributed by atoms with van der Waals surface area (Å²) in [4.78, 5) is 14.9. The first-order valence-electron chi connectivity index (χ1n) is 7.99. The van der Waals surface area contributed by atoms with Crippen LogP contribution in [0.25, 0.3) is 0 Å². The van der Waals surface area contributed by atoms with Crippen LogP contribution >= 0.6 is 11.6 Å². The van der Waals surface area contributed by atoms with Gasteiger partial charge in [-0.2, -0.15) is 0 Å². The van der Waals surface area contributed by atoms with Gasteiger partial charge in [0.1, 0.15) is 0 Å². The van der Waals surface area contributed by atoms with Crippen LogP contribution in [-0.4, -0.2) is 28.0 Å². The molecule has 0 radical (unpaired) electrons. The Morgan fingerprint density at radius 3 is 2.70 bits per heavy atom. The second kappa shape index (κ2) is 6.77. The van der Waals surface area contributed by atoms with Crippen LogP contribution in [0, 0.1) is 0 Å². The Morgan fingerprint density at radius 1 is 1.30 bits per heavy atom. The number of carbonyl (C=O) groups excluding carboxylic acids is 1. The van der Waals surface area contributed by atoms with Crippen LogP contribution in [0.2, 0.25) is 5.02 Å². The predicted molar refractivity (Wildman–Crippen MR) is 93.6 cm³/mol. The molecule has 2 atom stereocenters. The van der Waals surface area contributed by atoms with E-state index >= 15 is 0 Å². The Bertz CT molecular complexity index is 680. The highest BCUT2D eigenvalue weighted by atomic mass is 35.5. The van der Waals surface area contributed by atoms with Gasteiger partial charge < -0.3 is 9.88 Å². The summed E-state index contributed by atoms with van der Waals surface area (Å²) in [5, 5.41) is 3.65. The van der Waals surface area contributed by atoms with Gasteiger partial charge in [-0.1, -0.05) is 11.6 Å². The van der Waals surface area contributed by atoms with Crippen LogP contribution in [0.15, 0.2) is 42.6 Å². The van der Waals surface area contributed by atoms with Crippen molar-refractivity contribution in [3.8, 4) is 0 Å². The molecule has 1 aromatic carbocycles. The van der Waals surface area contributed by atoms with E-state index in [1.807, 2.05) is 19.1 Å². The maximum Gasteiger partial charge on any atom is 0.241 e. The van der Waals surface area contributed by atoms with Crippen LogP contribution < -0.4 is 5.32 Å². The number of carbonyl (C=O) groups is 1. The largest absolute Gasteiger partial charge is 0.353 e. The van der Waals surface area contributed by atoms with Gasteiger partial charge in [0, 0.05) is 29.6 Å². The maximum atomic E-state index is 12.6. The lowest BCUT2D eigenvalue weighted by Gasteiger charge is -2.30. The number of rotatable bonds is 4. The second-order valence-corrected chi connectivity index (χ2v) is 6.55. The molecule has 122 valence electrons. The molecule has 2 heterocycles. The molecule has 3 rings (SSSR count). The highest BCUT2D eigenvalue weighted by Gasteiger charge is 2.33. The number of hydrogen-bond acceptors (Lipinski definition) is 2. The molecule has 5 heteroatoms. The van der Waals surface area contributed by atoms with E-state index in [0.29, 0.717) is 11.1 Å². The monoisotopic (exact) mass is 331 g/mol. The molecule has 0 unspecified atom stereocenters. The van der Waals surface area contributed by atoms with Gasteiger partial charge >= 0.3 is 0 Å². The van der Waals surface area contributed by atoms with E-state index in [4.69, 9.17) is 11.6 Å².